The van der Waals surface area contributed by atoms with Gasteiger partial charge in [-0.2, -0.15) is 0 Å². The monoisotopic (exact) mass is 415 g/mol. The molecule has 31 heavy (non-hydrogen) atoms. The molecule has 4 rings (SSSR count). The van der Waals surface area contributed by atoms with Crippen molar-refractivity contribution in [1.29, 1.82) is 0 Å². The lowest BCUT2D eigenvalue weighted by Gasteiger charge is -2.29. The van der Waals surface area contributed by atoms with Gasteiger partial charge in [0.25, 0.3) is 11.8 Å². The van der Waals surface area contributed by atoms with Crippen LogP contribution in [0.4, 0.5) is 17.1 Å². The highest BCUT2D eigenvalue weighted by atomic mass is 16.5. The Kier molecular flexibility index (Phi) is 5.41. The number of aryl methyl sites for hydroxylation is 1. The number of nitrogens with one attached hydrogen (secondary N) is 2. The molecule has 0 atom stereocenters. The van der Waals surface area contributed by atoms with Crippen LogP contribution >= 0.6 is 0 Å². The maximum Gasteiger partial charge on any atom is 0.259 e. The second kappa shape index (κ2) is 8.31. The molecule has 3 aromatic rings. The van der Waals surface area contributed by atoms with Crippen LogP contribution in [0.25, 0.3) is 0 Å². The Morgan fingerprint density at radius 3 is 2.52 bits per heavy atom. The Morgan fingerprint density at radius 1 is 1.03 bits per heavy atom. The van der Waals surface area contributed by atoms with E-state index in [0.29, 0.717) is 33.9 Å². The number of fused-ring (bicyclic) bond motifs is 1. The molecule has 0 aliphatic carbocycles. The van der Waals surface area contributed by atoms with Gasteiger partial charge in [-0.05, 0) is 55.5 Å². The van der Waals surface area contributed by atoms with Crippen molar-refractivity contribution in [2.24, 2.45) is 0 Å². The number of rotatable bonds is 4. The fourth-order valence-corrected chi connectivity index (χ4v) is 3.46. The number of carbonyl (C=O) groups is 3. The van der Waals surface area contributed by atoms with Gasteiger partial charge in [0.1, 0.15) is 12.3 Å². The standard InChI is InChI=1S/C24H21N3O4/c1-15-7-12-21(31-2)18(13-15)23(29)25-17-10-8-16(9-11-17)24(30)27-14-22(28)26-19-5-3-4-6-20(19)27/h3-13H,14H2,1-2H3,(H,25,29)(H,26,28). The molecule has 2 N–H and O–H groups in total. The average Bonchev–Trinajstić information content (AvgIpc) is 2.78. The van der Waals surface area contributed by atoms with Gasteiger partial charge in [0.2, 0.25) is 5.91 Å². The van der Waals surface area contributed by atoms with Crippen LogP contribution in [0.2, 0.25) is 0 Å². The number of hydrogen-bond donors (Lipinski definition) is 2. The molecule has 3 aromatic carbocycles. The highest BCUT2D eigenvalue weighted by molar-refractivity contribution is 6.15. The number of ether oxygens (including phenoxy) is 1. The Morgan fingerprint density at radius 2 is 1.77 bits per heavy atom. The summed E-state index contributed by atoms with van der Waals surface area (Å²) in [7, 11) is 1.51. The molecule has 1 heterocycles. The van der Waals surface area contributed by atoms with Gasteiger partial charge >= 0.3 is 0 Å². The Bertz CT molecular complexity index is 1170. The first kappa shape index (κ1) is 20.2. The predicted molar refractivity (Wildman–Crippen MR) is 119 cm³/mol. The molecule has 0 fully saturated rings. The summed E-state index contributed by atoms with van der Waals surface area (Å²) in [5.41, 5.74) is 3.58. The third-order valence-corrected chi connectivity index (χ3v) is 5.01. The van der Waals surface area contributed by atoms with E-state index >= 15 is 0 Å². The average molecular weight is 415 g/mol. The van der Waals surface area contributed by atoms with E-state index in [1.807, 2.05) is 19.1 Å². The zero-order chi connectivity index (χ0) is 22.0. The smallest absolute Gasteiger partial charge is 0.259 e. The lowest BCUT2D eigenvalue weighted by molar-refractivity contribution is -0.115. The minimum absolute atomic E-state index is 0.0541. The SMILES string of the molecule is COc1ccc(C)cc1C(=O)Nc1ccc(C(=O)N2CC(=O)Nc3ccccc32)cc1. The lowest BCUT2D eigenvalue weighted by Crippen LogP contribution is -2.42. The Labute approximate surface area is 179 Å². The summed E-state index contributed by atoms with van der Waals surface area (Å²) in [4.78, 5) is 39.1. The van der Waals surface area contributed by atoms with Crippen LogP contribution in [0, 0.1) is 6.92 Å². The number of methoxy groups -OCH3 is 1. The van der Waals surface area contributed by atoms with Gasteiger partial charge in [0, 0.05) is 11.3 Å². The van der Waals surface area contributed by atoms with E-state index in [9.17, 15) is 14.4 Å². The van der Waals surface area contributed by atoms with Gasteiger partial charge in [-0.1, -0.05) is 23.8 Å². The summed E-state index contributed by atoms with van der Waals surface area (Å²) in [6.45, 7) is 1.84. The van der Waals surface area contributed by atoms with E-state index in [0.717, 1.165) is 5.56 Å². The Balaban J connectivity index is 1.53. The van der Waals surface area contributed by atoms with Crippen molar-refractivity contribution in [3.63, 3.8) is 0 Å². The van der Waals surface area contributed by atoms with Crippen LogP contribution in [0.1, 0.15) is 26.3 Å². The van der Waals surface area contributed by atoms with E-state index in [1.54, 1.807) is 54.6 Å². The van der Waals surface area contributed by atoms with Gasteiger partial charge in [-0.25, -0.2) is 0 Å². The molecular weight excluding hydrogens is 394 g/mol. The van der Waals surface area contributed by atoms with Crippen LogP contribution in [-0.2, 0) is 4.79 Å². The topological polar surface area (TPSA) is 87.7 Å². The summed E-state index contributed by atoms with van der Waals surface area (Å²) in [6.07, 6.45) is 0. The molecule has 0 unspecified atom stereocenters. The lowest BCUT2D eigenvalue weighted by atomic mass is 10.1. The van der Waals surface area contributed by atoms with Crippen molar-refractivity contribution in [3.8, 4) is 5.75 Å². The molecule has 0 spiro atoms. The van der Waals surface area contributed by atoms with Gasteiger partial charge in [0.05, 0.1) is 24.0 Å². The van der Waals surface area contributed by atoms with Crippen LogP contribution in [0.15, 0.2) is 66.7 Å². The largest absolute Gasteiger partial charge is 0.496 e. The predicted octanol–water partition coefficient (Wildman–Crippen LogP) is 3.85. The highest BCUT2D eigenvalue weighted by Gasteiger charge is 2.27. The van der Waals surface area contributed by atoms with E-state index in [2.05, 4.69) is 10.6 Å². The van der Waals surface area contributed by atoms with Crippen LogP contribution < -0.4 is 20.3 Å². The number of benzene rings is 3. The van der Waals surface area contributed by atoms with Crippen molar-refractivity contribution in [1.82, 2.24) is 0 Å². The summed E-state index contributed by atoms with van der Waals surface area (Å²) in [6, 6.07) is 19.1. The molecule has 3 amide bonds. The first-order valence-corrected chi connectivity index (χ1v) is 9.73. The number of hydrogen-bond acceptors (Lipinski definition) is 4. The maximum atomic E-state index is 13.0. The Hall–Kier alpha value is -4.13. The maximum absolute atomic E-state index is 13.0. The molecule has 0 radical (unpaired) electrons. The second-order valence-corrected chi connectivity index (χ2v) is 7.19. The molecule has 7 heteroatoms. The zero-order valence-electron chi connectivity index (χ0n) is 17.1. The van der Waals surface area contributed by atoms with Crippen LogP contribution in [-0.4, -0.2) is 31.4 Å². The number of anilines is 3. The van der Waals surface area contributed by atoms with Gasteiger partial charge in [0.15, 0.2) is 0 Å². The quantitative estimate of drug-likeness (QED) is 0.677. The number of para-hydroxylation sites is 2. The normalized spacial score (nSPS) is 12.6. The molecule has 156 valence electrons. The first-order chi connectivity index (χ1) is 15.0. The van der Waals surface area contributed by atoms with Gasteiger partial charge < -0.3 is 15.4 Å². The van der Waals surface area contributed by atoms with Crippen molar-refractivity contribution in [2.75, 3.05) is 29.2 Å². The fraction of sp³-hybridized carbons (Fsp3) is 0.125. The molecule has 0 bridgehead atoms. The van der Waals surface area contributed by atoms with Crippen molar-refractivity contribution in [2.45, 2.75) is 6.92 Å². The first-order valence-electron chi connectivity index (χ1n) is 9.73. The third kappa shape index (κ3) is 4.11. The van der Waals surface area contributed by atoms with Crippen molar-refractivity contribution >= 4 is 34.8 Å². The molecule has 1 aliphatic rings. The van der Waals surface area contributed by atoms with Gasteiger partial charge in [-0.3, -0.25) is 19.3 Å². The van der Waals surface area contributed by atoms with Crippen molar-refractivity contribution in [3.05, 3.63) is 83.4 Å². The summed E-state index contributed by atoms with van der Waals surface area (Å²) >= 11 is 0. The number of amides is 3. The highest BCUT2D eigenvalue weighted by Crippen LogP contribution is 2.30. The van der Waals surface area contributed by atoms with Gasteiger partial charge in [-0.15, -0.1) is 0 Å². The molecule has 7 nitrogen and oxygen atoms in total. The second-order valence-electron chi connectivity index (χ2n) is 7.19. The van der Waals surface area contributed by atoms with Crippen LogP contribution in [0.3, 0.4) is 0 Å². The van der Waals surface area contributed by atoms with Crippen molar-refractivity contribution < 1.29 is 19.1 Å². The molecular formula is C24H21N3O4. The zero-order valence-corrected chi connectivity index (χ0v) is 17.1. The summed E-state index contributed by atoms with van der Waals surface area (Å²) in [5.74, 6) is -0.359. The molecule has 0 saturated heterocycles. The fourth-order valence-electron chi connectivity index (χ4n) is 3.46. The van der Waals surface area contributed by atoms with E-state index in [4.69, 9.17) is 4.74 Å². The van der Waals surface area contributed by atoms with E-state index in [-0.39, 0.29) is 24.3 Å². The minimum atomic E-state index is -0.304. The number of carbonyl (C=O) groups excluding carboxylic acids is 3. The number of nitrogens with zero attached hydrogens (tertiary/aromatic N) is 1. The summed E-state index contributed by atoms with van der Waals surface area (Å²) in [5, 5.41) is 5.59. The third-order valence-electron chi connectivity index (χ3n) is 5.01. The minimum Gasteiger partial charge on any atom is -0.496 e. The molecule has 1 aliphatic heterocycles. The molecule has 0 aromatic heterocycles. The van der Waals surface area contributed by atoms with Crippen LogP contribution in [0.5, 0.6) is 5.75 Å². The van der Waals surface area contributed by atoms with E-state index < -0.39 is 0 Å². The summed E-state index contributed by atoms with van der Waals surface area (Å²) < 4.78 is 5.27. The molecule has 0 saturated carbocycles. The van der Waals surface area contributed by atoms with E-state index in [1.165, 1.54) is 12.0 Å².